The zero-order valence-electron chi connectivity index (χ0n) is 14.1. The molecule has 8 nitrogen and oxygen atoms in total. The van der Waals surface area contributed by atoms with Crippen LogP contribution in [-0.2, 0) is 14.3 Å². The predicted molar refractivity (Wildman–Crippen MR) is 91.7 cm³/mol. The van der Waals surface area contributed by atoms with E-state index >= 15 is 0 Å². The maximum absolute atomic E-state index is 12.4. The summed E-state index contributed by atoms with van der Waals surface area (Å²) in [4.78, 5) is 24.5. The molecule has 1 saturated carbocycles. The first kappa shape index (κ1) is 20.6. The molecular weight excluding hydrogens is 352 g/mol. The number of esters is 1. The topological polar surface area (TPSA) is 125 Å². The molecule has 134 valence electrons. The minimum Gasteiger partial charge on any atom is -0.449 e. The summed E-state index contributed by atoms with van der Waals surface area (Å²) in [6.45, 7) is 5.03. The lowest BCUT2D eigenvalue weighted by Gasteiger charge is -2.24. The summed E-state index contributed by atoms with van der Waals surface area (Å²) in [5.41, 5.74) is 5.15. The molecule has 1 fully saturated rings. The van der Waals surface area contributed by atoms with Gasteiger partial charge in [0.05, 0.1) is 6.54 Å². The fraction of sp³-hybridized carbons (Fsp3) is 0.786. The monoisotopic (exact) mass is 374 g/mol. The fourth-order valence-corrected chi connectivity index (χ4v) is 4.49. The molecule has 0 spiro atoms. The molecule has 2 N–H and O–H groups in total. The molecule has 2 unspecified atom stereocenters. The minimum absolute atomic E-state index is 0.123. The highest BCUT2D eigenvalue weighted by molar-refractivity contribution is 8.76. The SMILES string of the molecule is CSSC(CN=N)[C@@H]1CC1(NC(=O)OC(C)(C)C)C(=O)OCC#N. The van der Waals surface area contributed by atoms with E-state index in [9.17, 15) is 9.59 Å². The average molecular weight is 374 g/mol. The predicted octanol–water partition coefficient (Wildman–Crippen LogP) is 2.75. The molecule has 24 heavy (non-hydrogen) atoms. The summed E-state index contributed by atoms with van der Waals surface area (Å²) >= 11 is 0. The van der Waals surface area contributed by atoms with Crippen molar-refractivity contribution in [1.29, 1.82) is 10.8 Å². The van der Waals surface area contributed by atoms with E-state index in [1.807, 2.05) is 6.26 Å². The van der Waals surface area contributed by atoms with Gasteiger partial charge in [-0.15, -0.1) is 0 Å². The number of hydrogen-bond acceptors (Lipinski definition) is 9. The molecule has 1 amide bonds. The van der Waals surface area contributed by atoms with Crippen LogP contribution in [0.25, 0.3) is 0 Å². The second-order valence-electron chi connectivity index (χ2n) is 6.29. The van der Waals surface area contributed by atoms with E-state index in [1.165, 1.54) is 21.6 Å². The van der Waals surface area contributed by atoms with Gasteiger partial charge in [0.2, 0.25) is 0 Å². The number of nitrogens with zero attached hydrogens (tertiary/aromatic N) is 2. The molecule has 0 heterocycles. The first-order valence-corrected chi connectivity index (χ1v) is 9.90. The third-order valence-electron chi connectivity index (χ3n) is 3.31. The van der Waals surface area contributed by atoms with Gasteiger partial charge < -0.3 is 14.8 Å². The van der Waals surface area contributed by atoms with Crippen LogP contribution in [0.4, 0.5) is 4.79 Å². The summed E-state index contributed by atoms with van der Waals surface area (Å²) in [5.74, 6) is -0.889. The van der Waals surface area contributed by atoms with Crippen molar-refractivity contribution >= 4 is 33.7 Å². The summed E-state index contributed by atoms with van der Waals surface area (Å²) in [6, 6.07) is 1.74. The van der Waals surface area contributed by atoms with Crippen molar-refractivity contribution in [2.45, 2.75) is 43.6 Å². The van der Waals surface area contributed by atoms with Crippen LogP contribution in [0.15, 0.2) is 5.11 Å². The maximum Gasteiger partial charge on any atom is 0.408 e. The third-order valence-corrected chi connectivity index (χ3v) is 5.55. The number of amides is 1. The normalized spacial score (nSPS) is 23.5. The van der Waals surface area contributed by atoms with Crippen molar-refractivity contribution in [3.8, 4) is 6.07 Å². The van der Waals surface area contributed by atoms with E-state index in [-0.39, 0.29) is 24.3 Å². The Balaban J connectivity index is 2.91. The van der Waals surface area contributed by atoms with Crippen molar-refractivity contribution < 1.29 is 19.1 Å². The standard InChI is InChI=1S/C14H22N4O4S2/c1-13(2,3)22-12(20)18-14(11(19)21-6-5-15)7-9(14)10(8-17-16)24-23-4/h9-10,16H,6-8H2,1-4H3,(H,18,20)/t9-,10?,14?/m0/s1. The Hall–Kier alpha value is -1.47. The zero-order chi connectivity index (χ0) is 18.4. The molecule has 0 aliphatic heterocycles. The van der Waals surface area contributed by atoms with E-state index in [1.54, 1.807) is 26.8 Å². The first-order valence-electron chi connectivity index (χ1n) is 7.28. The van der Waals surface area contributed by atoms with Gasteiger partial charge in [-0.2, -0.15) is 10.4 Å². The molecule has 1 rings (SSSR count). The molecule has 0 aromatic heterocycles. The zero-order valence-corrected chi connectivity index (χ0v) is 15.8. The number of hydrogen-bond donors (Lipinski definition) is 2. The molecule has 1 aliphatic carbocycles. The number of alkyl carbamates (subject to hydrolysis) is 1. The smallest absolute Gasteiger partial charge is 0.408 e. The summed E-state index contributed by atoms with van der Waals surface area (Å²) in [5, 5.41) is 14.5. The molecular formula is C14H22N4O4S2. The summed E-state index contributed by atoms with van der Waals surface area (Å²) in [7, 11) is 3.00. The Morgan fingerprint density at radius 3 is 2.71 bits per heavy atom. The van der Waals surface area contributed by atoms with Gasteiger partial charge in [0.15, 0.2) is 6.61 Å². The quantitative estimate of drug-likeness (QED) is 0.380. The lowest BCUT2D eigenvalue weighted by Crippen LogP contribution is -2.49. The third kappa shape index (κ3) is 5.56. The minimum atomic E-state index is -1.22. The molecule has 1 aliphatic rings. The van der Waals surface area contributed by atoms with Gasteiger partial charge in [0.25, 0.3) is 0 Å². The Morgan fingerprint density at radius 1 is 1.54 bits per heavy atom. The lowest BCUT2D eigenvalue weighted by molar-refractivity contribution is -0.146. The van der Waals surface area contributed by atoms with Crippen LogP contribution in [0.3, 0.4) is 0 Å². The Bertz CT molecular complexity index is 532. The van der Waals surface area contributed by atoms with Crippen LogP contribution in [0, 0.1) is 22.8 Å². The fourth-order valence-electron chi connectivity index (χ4n) is 2.32. The van der Waals surface area contributed by atoms with Gasteiger partial charge in [0, 0.05) is 11.2 Å². The van der Waals surface area contributed by atoms with E-state index in [0.717, 1.165) is 0 Å². The van der Waals surface area contributed by atoms with Crippen molar-refractivity contribution in [2.75, 3.05) is 19.4 Å². The summed E-state index contributed by atoms with van der Waals surface area (Å²) in [6.07, 6.45) is 1.54. The molecule has 3 atom stereocenters. The largest absolute Gasteiger partial charge is 0.449 e. The van der Waals surface area contributed by atoms with Gasteiger partial charge in [-0.1, -0.05) is 21.6 Å². The van der Waals surface area contributed by atoms with Crippen LogP contribution >= 0.6 is 21.6 Å². The number of ether oxygens (including phenoxy) is 2. The summed E-state index contributed by atoms with van der Waals surface area (Å²) < 4.78 is 10.1. The van der Waals surface area contributed by atoms with Crippen molar-refractivity contribution in [2.24, 2.45) is 11.0 Å². The van der Waals surface area contributed by atoms with Gasteiger partial charge in [0.1, 0.15) is 17.2 Å². The second-order valence-corrected chi connectivity index (χ2v) is 8.99. The van der Waals surface area contributed by atoms with Gasteiger partial charge in [-0.05, 0) is 33.4 Å². The second kappa shape index (κ2) is 8.58. The Kier molecular flexibility index (Phi) is 7.35. The molecule has 0 aromatic rings. The molecule has 0 aromatic carbocycles. The molecule has 0 saturated heterocycles. The lowest BCUT2D eigenvalue weighted by atomic mass is 10.1. The maximum atomic E-state index is 12.4. The van der Waals surface area contributed by atoms with Crippen molar-refractivity contribution in [3.05, 3.63) is 0 Å². The highest BCUT2D eigenvalue weighted by Gasteiger charge is 2.65. The van der Waals surface area contributed by atoms with Crippen LogP contribution in [0.5, 0.6) is 0 Å². The Morgan fingerprint density at radius 2 is 2.21 bits per heavy atom. The number of rotatable bonds is 8. The molecule has 0 radical (unpaired) electrons. The highest BCUT2D eigenvalue weighted by atomic mass is 33.1. The van der Waals surface area contributed by atoms with Crippen molar-refractivity contribution in [3.63, 3.8) is 0 Å². The number of carbonyl (C=O) groups excluding carboxylic acids is 2. The van der Waals surface area contributed by atoms with E-state index in [4.69, 9.17) is 20.3 Å². The molecule has 10 heteroatoms. The van der Waals surface area contributed by atoms with E-state index in [0.29, 0.717) is 6.42 Å². The van der Waals surface area contributed by atoms with Gasteiger partial charge in [-0.25, -0.2) is 15.1 Å². The van der Waals surface area contributed by atoms with Crippen LogP contribution in [0.1, 0.15) is 27.2 Å². The number of nitrogens with one attached hydrogen (secondary N) is 2. The van der Waals surface area contributed by atoms with Gasteiger partial charge >= 0.3 is 12.1 Å². The van der Waals surface area contributed by atoms with Gasteiger partial charge in [-0.3, -0.25) is 0 Å². The highest BCUT2D eigenvalue weighted by Crippen LogP contribution is 2.52. The number of nitriles is 1. The van der Waals surface area contributed by atoms with Crippen LogP contribution in [-0.4, -0.2) is 47.9 Å². The van der Waals surface area contributed by atoms with Crippen LogP contribution < -0.4 is 5.32 Å². The first-order chi connectivity index (χ1) is 11.2. The van der Waals surface area contributed by atoms with Crippen LogP contribution in [0.2, 0.25) is 0 Å². The van der Waals surface area contributed by atoms with E-state index in [2.05, 4.69) is 10.4 Å². The Labute approximate surface area is 149 Å². The molecule has 0 bridgehead atoms. The van der Waals surface area contributed by atoms with Crippen molar-refractivity contribution in [1.82, 2.24) is 5.32 Å². The number of carbonyl (C=O) groups is 2. The van der Waals surface area contributed by atoms with E-state index < -0.39 is 23.2 Å². The average Bonchev–Trinajstić information content (AvgIpc) is 3.17.